The summed E-state index contributed by atoms with van der Waals surface area (Å²) in [6.07, 6.45) is -8.56. The fraction of sp³-hybridized carbons (Fsp3) is 0.364. The Morgan fingerprint density at radius 2 is 2.05 bits per heavy atom. The van der Waals surface area contributed by atoms with Crippen LogP contribution in [0.25, 0.3) is 0 Å². The number of amides is 2. The highest BCUT2D eigenvalue weighted by Crippen LogP contribution is 2.28. The number of urea groups is 1. The highest BCUT2D eigenvalue weighted by atomic mass is 19.3. The Morgan fingerprint density at radius 1 is 1.40 bits per heavy atom. The van der Waals surface area contributed by atoms with Gasteiger partial charge in [-0.15, -0.1) is 0 Å². The van der Waals surface area contributed by atoms with E-state index in [4.69, 9.17) is 0 Å². The molecule has 0 saturated carbocycles. The van der Waals surface area contributed by atoms with Crippen molar-refractivity contribution in [2.24, 2.45) is 0 Å². The second-order valence-corrected chi connectivity index (χ2v) is 3.60. The van der Waals surface area contributed by atoms with E-state index in [1.54, 1.807) is 0 Å². The molecule has 1 aromatic carbocycles. The maximum absolute atomic E-state index is 12.7. The number of alkyl halides is 4. The molecule has 0 heterocycles. The number of hydroxylamine groups is 2. The predicted molar refractivity (Wildman–Crippen MR) is 61.8 cm³/mol. The molecule has 1 rings (SSSR count). The van der Waals surface area contributed by atoms with E-state index in [1.165, 1.54) is 26.3 Å². The van der Waals surface area contributed by atoms with E-state index in [2.05, 4.69) is 14.9 Å². The van der Waals surface area contributed by atoms with Gasteiger partial charge >= 0.3 is 18.6 Å². The minimum absolute atomic E-state index is 0.0847. The molecule has 0 radical (unpaired) electrons. The van der Waals surface area contributed by atoms with E-state index in [0.717, 1.165) is 17.2 Å². The smallest absolute Gasteiger partial charge is 0.428 e. The Labute approximate surface area is 112 Å². The van der Waals surface area contributed by atoms with Crippen LogP contribution in [0.2, 0.25) is 0 Å². The molecule has 0 aliphatic heterocycles. The molecule has 0 aromatic heterocycles. The Bertz CT molecular complexity index is 471. The lowest BCUT2D eigenvalue weighted by Crippen LogP contribution is -2.33. The first-order valence-corrected chi connectivity index (χ1v) is 5.30. The molecule has 1 N–H and O–H groups in total. The number of anilines is 1. The number of hydrogen-bond acceptors (Lipinski definition) is 3. The van der Waals surface area contributed by atoms with Gasteiger partial charge in [-0.1, -0.05) is 6.07 Å². The molecule has 0 saturated heterocycles. The van der Waals surface area contributed by atoms with Crippen molar-refractivity contribution in [2.45, 2.75) is 12.5 Å². The number of hydrogen-bond donors (Lipinski definition) is 1. The van der Waals surface area contributed by atoms with Gasteiger partial charge in [0.2, 0.25) is 0 Å². The minimum Gasteiger partial charge on any atom is -0.428 e. The average Bonchev–Trinajstić information content (AvgIpc) is 2.37. The second-order valence-electron chi connectivity index (χ2n) is 3.60. The first-order chi connectivity index (χ1) is 9.26. The van der Waals surface area contributed by atoms with Crippen LogP contribution in [0.15, 0.2) is 24.3 Å². The number of nitrogens with zero attached hydrogens (tertiary/aromatic N) is 1. The summed E-state index contributed by atoms with van der Waals surface area (Å²) >= 11 is 0. The van der Waals surface area contributed by atoms with Crippen molar-refractivity contribution in [3.63, 3.8) is 0 Å². The molecular weight excluding hydrogens is 284 g/mol. The molecule has 0 fully saturated rings. The summed E-state index contributed by atoms with van der Waals surface area (Å²) in [5.74, 6) is -0.506. The van der Waals surface area contributed by atoms with Crippen molar-refractivity contribution in [1.82, 2.24) is 5.06 Å². The molecule has 112 valence electrons. The van der Waals surface area contributed by atoms with Crippen molar-refractivity contribution in [3.05, 3.63) is 24.3 Å². The molecule has 1 aromatic rings. The molecule has 5 nitrogen and oxygen atoms in total. The largest absolute Gasteiger partial charge is 0.461 e. The van der Waals surface area contributed by atoms with E-state index in [-0.39, 0.29) is 5.69 Å². The summed E-state index contributed by atoms with van der Waals surface area (Å²) in [5.41, 5.74) is 0.0847. The van der Waals surface area contributed by atoms with Crippen molar-refractivity contribution in [3.8, 4) is 5.75 Å². The number of rotatable bonds is 5. The van der Waals surface area contributed by atoms with Crippen LogP contribution in [0.1, 0.15) is 0 Å². The molecule has 0 aliphatic carbocycles. The van der Waals surface area contributed by atoms with Crippen molar-refractivity contribution < 1.29 is 31.9 Å². The Balaban J connectivity index is 2.79. The lowest BCUT2D eigenvalue weighted by Gasteiger charge is -2.18. The Kier molecular flexibility index (Phi) is 5.14. The molecular formula is C11H12F4N2O3. The monoisotopic (exact) mass is 296 g/mol. The maximum atomic E-state index is 12.7. The molecule has 20 heavy (non-hydrogen) atoms. The van der Waals surface area contributed by atoms with E-state index in [9.17, 15) is 22.4 Å². The van der Waals surface area contributed by atoms with Crippen LogP contribution in [0.3, 0.4) is 0 Å². The third-order valence-electron chi connectivity index (χ3n) is 2.15. The Hall–Kier alpha value is -2.03. The van der Waals surface area contributed by atoms with Crippen molar-refractivity contribution in [2.75, 3.05) is 19.5 Å². The van der Waals surface area contributed by atoms with Gasteiger partial charge in [0.05, 0.1) is 7.11 Å². The topological polar surface area (TPSA) is 50.8 Å². The van der Waals surface area contributed by atoms with Gasteiger partial charge in [0.15, 0.2) is 0 Å². The summed E-state index contributed by atoms with van der Waals surface area (Å²) in [7, 11) is 2.57. The number of halogens is 4. The molecule has 0 unspecified atom stereocenters. The SMILES string of the molecule is CON(C)C(=O)Nc1cccc(OC(F)(F)C(F)F)c1. The third-order valence-corrected chi connectivity index (χ3v) is 2.15. The summed E-state index contributed by atoms with van der Waals surface area (Å²) < 4.78 is 53.3. The summed E-state index contributed by atoms with van der Waals surface area (Å²) in [6, 6.07) is 4.00. The summed E-state index contributed by atoms with van der Waals surface area (Å²) in [5, 5.41) is 3.15. The zero-order valence-electron chi connectivity index (χ0n) is 10.6. The number of carbonyl (C=O) groups excluding carboxylic acids is 1. The van der Waals surface area contributed by atoms with Crippen molar-refractivity contribution in [1.29, 1.82) is 0 Å². The van der Waals surface area contributed by atoms with Crippen LogP contribution in [0.5, 0.6) is 5.75 Å². The lowest BCUT2D eigenvalue weighted by atomic mass is 10.3. The highest BCUT2D eigenvalue weighted by Gasteiger charge is 2.43. The van der Waals surface area contributed by atoms with Gasteiger partial charge in [0.1, 0.15) is 5.75 Å². The van der Waals surface area contributed by atoms with Crippen molar-refractivity contribution >= 4 is 11.7 Å². The molecule has 0 aliphatic rings. The quantitative estimate of drug-likeness (QED) is 0.671. The van der Waals surface area contributed by atoms with E-state index < -0.39 is 24.3 Å². The van der Waals surface area contributed by atoms with Gasteiger partial charge in [-0.05, 0) is 12.1 Å². The normalized spacial score (nSPS) is 11.3. The first kappa shape index (κ1) is 16.0. The average molecular weight is 296 g/mol. The van der Waals surface area contributed by atoms with E-state index in [1.807, 2.05) is 0 Å². The van der Waals surface area contributed by atoms with E-state index in [0.29, 0.717) is 0 Å². The zero-order valence-corrected chi connectivity index (χ0v) is 10.6. The standard InChI is InChI=1S/C11H12F4N2O3/c1-17(19-2)10(18)16-7-4-3-5-8(6-7)20-11(14,15)9(12)13/h3-6,9H,1-2H3,(H,16,18). The minimum atomic E-state index is -4.61. The third kappa shape index (κ3) is 4.26. The predicted octanol–water partition coefficient (Wildman–Crippen LogP) is 2.95. The highest BCUT2D eigenvalue weighted by molar-refractivity contribution is 5.88. The molecule has 0 atom stereocenters. The van der Waals surface area contributed by atoms with Gasteiger partial charge in [0.25, 0.3) is 0 Å². The zero-order chi connectivity index (χ0) is 15.3. The van der Waals surface area contributed by atoms with E-state index >= 15 is 0 Å². The van der Waals surface area contributed by atoms with Gasteiger partial charge in [-0.2, -0.15) is 17.6 Å². The lowest BCUT2D eigenvalue weighted by molar-refractivity contribution is -0.253. The maximum Gasteiger partial charge on any atom is 0.461 e. The summed E-state index contributed by atoms with van der Waals surface area (Å²) in [6.45, 7) is 0. The number of carbonyl (C=O) groups is 1. The van der Waals surface area contributed by atoms with Gasteiger partial charge in [0, 0.05) is 18.8 Å². The number of nitrogens with one attached hydrogen (secondary N) is 1. The second kappa shape index (κ2) is 6.42. The van der Waals surface area contributed by atoms with Gasteiger partial charge in [-0.25, -0.2) is 9.86 Å². The first-order valence-electron chi connectivity index (χ1n) is 5.30. The van der Waals surface area contributed by atoms with Gasteiger partial charge < -0.3 is 10.1 Å². The molecule has 0 bridgehead atoms. The van der Waals surface area contributed by atoms with Gasteiger partial charge in [-0.3, -0.25) is 4.84 Å². The van der Waals surface area contributed by atoms with Crippen LogP contribution in [-0.2, 0) is 4.84 Å². The summed E-state index contributed by atoms with van der Waals surface area (Å²) in [4.78, 5) is 16.0. The molecule has 0 spiro atoms. The van der Waals surface area contributed by atoms with Crippen LogP contribution < -0.4 is 10.1 Å². The fourth-order valence-electron chi connectivity index (χ4n) is 1.12. The van der Waals surface area contributed by atoms with Crippen LogP contribution in [0.4, 0.5) is 28.0 Å². The van der Waals surface area contributed by atoms with Crippen LogP contribution in [-0.4, -0.2) is 37.8 Å². The molecule has 2 amide bonds. The Morgan fingerprint density at radius 3 is 2.60 bits per heavy atom. The van der Waals surface area contributed by atoms with Crippen LogP contribution >= 0.6 is 0 Å². The van der Waals surface area contributed by atoms with Crippen LogP contribution in [0, 0.1) is 0 Å². The number of ether oxygens (including phenoxy) is 1. The number of benzene rings is 1. The molecule has 9 heteroatoms. The fourth-order valence-corrected chi connectivity index (χ4v) is 1.12.